The van der Waals surface area contributed by atoms with Gasteiger partial charge in [-0.3, -0.25) is 0 Å². The molecule has 0 atom stereocenters. The maximum absolute atomic E-state index is 12.2. The lowest BCUT2D eigenvalue weighted by molar-refractivity contribution is 0.0524. The van der Waals surface area contributed by atoms with Crippen molar-refractivity contribution in [2.75, 3.05) is 19.8 Å². The highest BCUT2D eigenvalue weighted by Crippen LogP contribution is 2.38. The Hall–Kier alpha value is -1.34. The van der Waals surface area contributed by atoms with E-state index in [-0.39, 0.29) is 0 Å². The molecular weight excluding hydrogens is 418 g/mol. The summed E-state index contributed by atoms with van der Waals surface area (Å²) in [7, 11) is 0. The number of ether oxygens (including phenoxy) is 3. The molecule has 2 heterocycles. The fourth-order valence-corrected chi connectivity index (χ4v) is 3.56. The summed E-state index contributed by atoms with van der Waals surface area (Å²) in [4.78, 5) is 16.7. The van der Waals surface area contributed by atoms with Crippen LogP contribution in [0.15, 0.2) is 16.7 Å². The van der Waals surface area contributed by atoms with Crippen molar-refractivity contribution in [3.8, 4) is 11.5 Å². The summed E-state index contributed by atoms with van der Waals surface area (Å²) in [6.07, 6.45) is 0. The van der Waals surface area contributed by atoms with Crippen LogP contribution in [0.3, 0.4) is 0 Å². The summed E-state index contributed by atoms with van der Waals surface area (Å²) in [5.41, 5.74) is 1.98. The first kappa shape index (κ1) is 15.6. The second-order valence-corrected chi connectivity index (χ2v) is 5.94. The third-order valence-electron chi connectivity index (χ3n) is 3.33. The first-order chi connectivity index (χ1) is 10.7. The molecule has 3 rings (SSSR count). The summed E-state index contributed by atoms with van der Waals surface area (Å²) >= 11 is 6.82. The van der Waals surface area contributed by atoms with Gasteiger partial charge in [0.2, 0.25) is 0 Å². The number of alkyl halides is 1. The van der Waals surface area contributed by atoms with Crippen molar-refractivity contribution in [2.24, 2.45) is 0 Å². The molecule has 116 valence electrons. The molecule has 0 radical (unpaired) electrons. The van der Waals surface area contributed by atoms with E-state index < -0.39 is 5.97 Å². The number of benzene rings is 1. The zero-order chi connectivity index (χ0) is 15.7. The quantitative estimate of drug-likeness (QED) is 0.420. The Bertz CT molecular complexity index is 748. The van der Waals surface area contributed by atoms with E-state index in [1.807, 2.05) is 12.1 Å². The Balaban J connectivity index is 2.25. The van der Waals surface area contributed by atoms with Crippen molar-refractivity contribution in [1.82, 2.24) is 4.98 Å². The second-order valence-electron chi connectivity index (χ2n) is 4.62. The average Bonchev–Trinajstić information content (AvgIpc) is 2.51. The van der Waals surface area contributed by atoms with Gasteiger partial charge in [-0.2, -0.15) is 0 Å². The Morgan fingerprint density at radius 1 is 1.32 bits per heavy atom. The highest BCUT2D eigenvalue weighted by atomic mass is 79.9. The van der Waals surface area contributed by atoms with E-state index in [1.165, 1.54) is 0 Å². The van der Waals surface area contributed by atoms with Gasteiger partial charge in [-0.15, -0.1) is 0 Å². The van der Waals surface area contributed by atoms with Crippen LogP contribution < -0.4 is 9.47 Å². The van der Waals surface area contributed by atoms with Crippen LogP contribution in [0.5, 0.6) is 11.5 Å². The van der Waals surface area contributed by atoms with E-state index in [0.717, 1.165) is 16.5 Å². The lowest BCUT2D eigenvalue weighted by Gasteiger charge is -2.20. The van der Waals surface area contributed by atoms with E-state index in [0.29, 0.717) is 46.8 Å². The predicted octanol–water partition coefficient (Wildman–Crippen LogP) is 3.84. The van der Waals surface area contributed by atoms with Gasteiger partial charge in [0.1, 0.15) is 17.8 Å². The van der Waals surface area contributed by atoms with Crippen molar-refractivity contribution in [3.05, 3.63) is 27.9 Å². The van der Waals surface area contributed by atoms with Crippen molar-refractivity contribution in [1.29, 1.82) is 0 Å². The maximum atomic E-state index is 12.2. The van der Waals surface area contributed by atoms with E-state index in [9.17, 15) is 4.79 Å². The number of nitrogens with zero attached hydrogens (tertiary/aromatic N) is 1. The number of pyridine rings is 1. The van der Waals surface area contributed by atoms with Gasteiger partial charge in [0.05, 0.1) is 17.7 Å². The van der Waals surface area contributed by atoms with Crippen LogP contribution in [0, 0.1) is 0 Å². The molecule has 2 aromatic rings. The molecule has 1 aliphatic heterocycles. The van der Waals surface area contributed by atoms with Gasteiger partial charge in [0.25, 0.3) is 0 Å². The van der Waals surface area contributed by atoms with Crippen LogP contribution in [0.25, 0.3) is 10.9 Å². The molecule has 7 heteroatoms. The number of rotatable bonds is 3. The summed E-state index contributed by atoms with van der Waals surface area (Å²) in [6.45, 7) is 3.12. The van der Waals surface area contributed by atoms with Gasteiger partial charge in [0.15, 0.2) is 11.5 Å². The van der Waals surface area contributed by atoms with Crippen LogP contribution in [-0.2, 0) is 10.1 Å². The number of esters is 1. The van der Waals surface area contributed by atoms with E-state index in [1.54, 1.807) is 6.92 Å². The van der Waals surface area contributed by atoms with E-state index in [2.05, 4.69) is 36.8 Å². The SMILES string of the molecule is CCOC(=O)c1c(Br)nc2cc3c(cc2c1CBr)OCCO3. The van der Waals surface area contributed by atoms with Crippen LogP contribution >= 0.6 is 31.9 Å². The Morgan fingerprint density at radius 2 is 2.00 bits per heavy atom. The molecule has 22 heavy (non-hydrogen) atoms. The number of halogens is 2. The Labute approximate surface area is 144 Å². The van der Waals surface area contributed by atoms with E-state index >= 15 is 0 Å². The minimum Gasteiger partial charge on any atom is -0.486 e. The van der Waals surface area contributed by atoms with Crippen LogP contribution in [0.2, 0.25) is 0 Å². The first-order valence-corrected chi connectivity index (χ1v) is 8.72. The fourth-order valence-electron chi connectivity index (χ4n) is 2.38. The van der Waals surface area contributed by atoms with Gasteiger partial charge in [0, 0.05) is 16.8 Å². The summed E-state index contributed by atoms with van der Waals surface area (Å²) in [5, 5.41) is 1.34. The molecule has 0 amide bonds. The van der Waals surface area contributed by atoms with Gasteiger partial charge in [-0.1, -0.05) is 15.9 Å². The van der Waals surface area contributed by atoms with E-state index in [4.69, 9.17) is 14.2 Å². The van der Waals surface area contributed by atoms with Crippen molar-refractivity contribution < 1.29 is 19.0 Å². The maximum Gasteiger partial charge on any atom is 0.341 e. The van der Waals surface area contributed by atoms with Crippen molar-refractivity contribution >= 4 is 48.7 Å². The van der Waals surface area contributed by atoms with Gasteiger partial charge in [-0.25, -0.2) is 9.78 Å². The molecule has 1 aromatic carbocycles. The fraction of sp³-hybridized carbons (Fsp3) is 0.333. The van der Waals surface area contributed by atoms with Gasteiger partial charge in [-0.05, 0) is 34.5 Å². The number of carbonyl (C=O) groups excluding carboxylic acids is 1. The standard InChI is InChI=1S/C15H13Br2NO4/c1-2-20-15(19)13-9(7-16)8-5-11-12(22-4-3-21-11)6-10(8)18-14(13)17/h5-6H,2-4,7H2,1H3. The molecule has 0 fully saturated rings. The molecule has 0 bridgehead atoms. The molecule has 0 aliphatic carbocycles. The minimum atomic E-state index is -0.395. The van der Waals surface area contributed by atoms with Gasteiger partial charge >= 0.3 is 5.97 Å². The topological polar surface area (TPSA) is 57.7 Å². The lowest BCUT2D eigenvalue weighted by Crippen LogP contribution is -2.16. The zero-order valence-electron chi connectivity index (χ0n) is 11.8. The monoisotopic (exact) mass is 429 g/mol. The number of fused-ring (bicyclic) bond motifs is 2. The number of carbonyl (C=O) groups is 1. The Morgan fingerprint density at radius 3 is 2.64 bits per heavy atom. The minimum absolute atomic E-state index is 0.312. The third-order valence-corrected chi connectivity index (χ3v) is 4.46. The van der Waals surface area contributed by atoms with Crippen LogP contribution in [-0.4, -0.2) is 30.8 Å². The van der Waals surface area contributed by atoms with Crippen molar-refractivity contribution in [2.45, 2.75) is 12.3 Å². The normalized spacial score (nSPS) is 13.2. The first-order valence-electron chi connectivity index (χ1n) is 6.80. The molecule has 0 saturated carbocycles. The third kappa shape index (κ3) is 2.67. The predicted molar refractivity (Wildman–Crippen MR) is 89.0 cm³/mol. The number of hydrogen-bond acceptors (Lipinski definition) is 5. The number of hydrogen-bond donors (Lipinski definition) is 0. The smallest absolute Gasteiger partial charge is 0.341 e. The summed E-state index contributed by atoms with van der Waals surface area (Å²) in [5.74, 6) is 0.940. The molecule has 5 nitrogen and oxygen atoms in total. The zero-order valence-corrected chi connectivity index (χ0v) is 15.0. The van der Waals surface area contributed by atoms with Crippen LogP contribution in [0.1, 0.15) is 22.8 Å². The molecule has 0 spiro atoms. The van der Waals surface area contributed by atoms with Crippen LogP contribution in [0.4, 0.5) is 0 Å². The second kappa shape index (κ2) is 6.42. The van der Waals surface area contributed by atoms with Crippen molar-refractivity contribution in [3.63, 3.8) is 0 Å². The molecule has 0 saturated heterocycles. The summed E-state index contributed by atoms with van der Waals surface area (Å²) in [6, 6.07) is 3.69. The average molecular weight is 431 g/mol. The molecule has 0 N–H and O–H groups in total. The molecular formula is C15H13Br2NO4. The molecule has 1 aliphatic rings. The number of aromatic nitrogens is 1. The lowest BCUT2D eigenvalue weighted by atomic mass is 10.0. The molecule has 0 unspecified atom stereocenters. The molecule has 1 aromatic heterocycles. The largest absolute Gasteiger partial charge is 0.486 e. The highest BCUT2D eigenvalue weighted by Gasteiger charge is 2.23. The summed E-state index contributed by atoms with van der Waals surface area (Å²) < 4.78 is 16.8. The van der Waals surface area contributed by atoms with Gasteiger partial charge < -0.3 is 14.2 Å². The highest BCUT2D eigenvalue weighted by molar-refractivity contribution is 9.10. The Kier molecular flexibility index (Phi) is 4.54.